The van der Waals surface area contributed by atoms with Crippen molar-refractivity contribution in [3.05, 3.63) is 30.3 Å². The summed E-state index contributed by atoms with van der Waals surface area (Å²) in [6, 6.07) is 9.37. The van der Waals surface area contributed by atoms with Crippen LogP contribution in [0.3, 0.4) is 0 Å². The molecule has 0 bridgehead atoms. The van der Waals surface area contributed by atoms with E-state index in [1.807, 2.05) is 37.3 Å². The van der Waals surface area contributed by atoms with Gasteiger partial charge >= 0.3 is 0 Å². The minimum atomic E-state index is -0.00325. The molecule has 1 aromatic rings. The summed E-state index contributed by atoms with van der Waals surface area (Å²) < 4.78 is 5.06. The molecule has 0 spiro atoms. The molecule has 0 saturated carbocycles. The second-order valence-corrected chi connectivity index (χ2v) is 4.99. The SMILES string of the molecule is COCC(C)CC(=O)N(CC/C(N)=N/O)c1ccccc1. The highest BCUT2D eigenvalue weighted by atomic mass is 16.5. The lowest BCUT2D eigenvalue weighted by Gasteiger charge is -2.24. The molecule has 3 N–H and O–H groups in total. The van der Waals surface area contributed by atoms with Gasteiger partial charge in [0.05, 0.1) is 0 Å². The maximum atomic E-state index is 12.5. The second kappa shape index (κ2) is 8.97. The Morgan fingerprint density at radius 1 is 1.43 bits per heavy atom. The quantitative estimate of drug-likeness (QED) is 0.331. The maximum absolute atomic E-state index is 12.5. The van der Waals surface area contributed by atoms with Crippen LogP contribution in [0, 0.1) is 5.92 Å². The van der Waals surface area contributed by atoms with E-state index in [4.69, 9.17) is 15.7 Å². The predicted octanol–water partition coefficient (Wildman–Crippen LogP) is 1.83. The lowest BCUT2D eigenvalue weighted by molar-refractivity contribution is -0.119. The van der Waals surface area contributed by atoms with Crippen molar-refractivity contribution in [1.29, 1.82) is 0 Å². The number of nitrogens with two attached hydrogens (primary N) is 1. The van der Waals surface area contributed by atoms with Gasteiger partial charge in [-0.25, -0.2) is 0 Å². The first kappa shape index (κ1) is 17.0. The number of rotatable bonds is 8. The molecule has 0 aliphatic heterocycles. The van der Waals surface area contributed by atoms with Gasteiger partial charge in [0.1, 0.15) is 5.84 Å². The lowest BCUT2D eigenvalue weighted by Crippen LogP contribution is -2.35. The van der Waals surface area contributed by atoms with Crippen molar-refractivity contribution in [3.63, 3.8) is 0 Å². The molecule has 0 aromatic heterocycles. The van der Waals surface area contributed by atoms with Gasteiger partial charge in [0.2, 0.25) is 5.91 Å². The Hall–Kier alpha value is -2.08. The van der Waals surface area contributed by atoms with Crippen molar-refractivity contribution in [2.75, 3.05) is 25.2 Å². The Morgan fingerprint density at radius 2 is 2.10 bits per heavy atom. The zero-order valence-electron chi connectivity index (χ0n) is 12.5. The number of carbonyl (C=O) groups is 1. The molecule has 0 fully saturated rings. The molecule has 0 aliphatic carbocycles. The molecule has 1 rings (SSSR count). The van der Waals surface area contributed by atoms with Gasteiger partial charge in [-0.1, -0.05) is 30.3 Å². The summed E-state index contributed by atoms with van der Waals surface area (Å²) in [5.41, 5.74) is 6.29. The van der Waals surface area contributed by atoms with Gasteiger partial charge in [0.15, 0.2) is 0 Å². The van der Waals surface area contributed by atoms with Crippen molar-refractivity contribution in [2.45, 2.75) is 19.8 Å². The first-order chi connectivity index (χ1) is 10.1. The van der Waals surface area contributed by atoms with Crippen molar-refractivity contribution in [1.82, 2.24) is 0 Å². The van der Waals surface area contributed by atoms with Crippen molar-refractivity contribution in [3.8, 4) is 0 Å². The fourth-order valence-electron chi connectivity index (χ4n) is 2.03. The zero-order valence-corrected chi connectivity index (χ0v) is 12.5. The molecule has 1 atom stereocenters. The molecule has 0 radical (unpaired) electrons. The molecule has 1 aromatic carbocycles. The average Bonchev–Trinajstić information content (AvgIpc) is 2.48. The molecule has 116 valence electrons. The Morgan fingerprint density at radius 3 is 2.67 bits per heavy atom. The van der Waals surface area contributed by atoms with E-state index in [1.54, 1.807) is 12.0 Å². The van der Waals surface area contributed by atoms with Crippen LogP contribution in [0.25, 0.3) is 0 Å². The number of amides is 1. The molecular formula is C15H23N3O3. The first-order valence-corrected chi connectivity index (χ1v) is 6.89. The summed E-state index contributed by atoms with van der Waals surface area (Å²) in [5.74, 6) is 0.239. The number of para-hydroxylation sites is 1. The molecule has 21 heavy (non-hydrogen) atoms. The van der Waals surface area contributed by atoms with Crippen LogP contribution in [0.15, 0.2) is 35.5 Å². The highest BCUT2D eigenvalue weighted by Gasteiger charge is 2.18. The van der Waals surface area contributed by atoms with Crippen LogP contribution >= 0.6 is 0 Å². The third-order valence-electron chi connectivity index (χ3n) is 3.06. The van der Waals surface area contributed by atoms with Gasteiger partial charge in [-0.15, -0.1) is 0 Å². The zero-order chi connectivity index (χ0) is 15.7. The van der Waals surface area contributed by atoms with Crippen LogP contribution in [0.1, 0.15) is 19.8 Å². The number of carbonyl (C=O) groups excluding carboxylic acids is 1. The Balaban J connectivity index is 2.78. The van der Waals surface area contributed by atoms with Crippen molar-refractivity contribution >= 4 is 17.4 Å². The van der Waals surface area contributed by atoms with Crippen LogP contribution < -0.4 is 10.6 Å². The number of benzene rings is 1. The number of nitrogens with zero attached hydrogens (tertiary/aromatic N) is 2. The predicted molar refractivity (Wildman–Crippen MR) is 82.5 cm³/mol. The fourth-order valence-corrected chi connectivity index (χ4v) is 2.03. The highest BCUT2D eigenvalue weighted by molar-refractivity contribution is 5.94. The Kier molecular flexibility index (Phi) is 7.25. The van der Waals surface area contributed by atoms with Gasteiger partial charge in [-0.3, -0.25) is 4.79 Å². The van der Waals surface area contributed by atoms with Crippen LogP contribution in [-0.4, -0.2) is 37.2 Å². The minimum absolute atomic E-state index is 0.00325. The number of ether oxygens (including phenoxy) is 1. The van der Waals surface area contributed by atoms with Crippen LogP contribution in [0.4, 0.5) is 5.69 Å². The number of hydrogen-bond donors (Lipinski definition) is 2. The minimum Gasteiger partial charge on any atom is -0.409 e. The molecular weight excluding hydrogens is 270 g/mol. The number of hydrogen-bond acceptors (Lipinski definition) is 4. The number of methoxy groups -OCH3 is 1. The van der Waals surface area contributed by atoms with Gasteiger partial charge in [0.25, 0.3) is 0 Å². The third kappa shape index (κ3) is 5.83. The van der Waals surface area contributed by atoms with Gasteiger partial charge in [-0.2, -0.15) is 0 Å². The Labute approximate surface area is 125 Å². The fraction of sp³-hybridized carbons (Fsp3) is 0.467. The summed E-state index contributed by atoms with van der Waals surface area (Å²) in [4.78, 5) is 14.1. The topological polar surface area (TPSA) is 88.2 Å². The second-order valence-electron chi connectivity index (χ2n) is 4.99. The summed E-state index contributed by atoms with van der Waals surface area (Å²) in [6.07, 6.45) is 0.703. The summed E-state index contributed by atoms with van der Waals surface area (Å²) >= 11 is 0. The molecule has 1 unspecified atom stereocenters. The monoisotopic (exact) mass is 293 g/mol. The van der Waals surface area contributed by atoms with Crippen molar-refractivity contribution in [2.24, 2.45) is 16.8 Å². The molecule has 1 amide bonds. The number of anilines is 1. The van der Waals surface area contributed by atoms with Gasteiger partial charge in [-0.05, 0) is 18.1 Å². The number of amidine groups is 1. The largest absolute Gasteiger partial charge is 0.409 e. The first-order valence-electron chi connectivity index (χ1n) is 6.89. The molecule has 0 saturated heterocycles. The summed E-state index contributed by atoms with van der Waals surface area (Å²) in [6.45, 7) is 2.88. The van der Waals surface area contributed by atoms with E-state index in [-0.39, 0.29) is 17.7 Å². The normalized spacial score (nSPS) is 13.0. The van der Waals surface area contributed by atoms with Crippen LogP contribution in [0.5, 0.6) is 0 Å². The molecule has 6 heteroatoms. The summed E-state index contributed by atoms with van der Waals surface area (Å²) in [5, 5.41) is 11.6. The third-order valence-corrected chi connectivity index (χ3v) is 3.06. The molecule has 0 heterocycles. The van der Waals surface area contributed by atoms with Gasteiger partial charge < -0.3 is 20.6 Å². The Bertz CT molecular complexity index is 462. The molecule has 0 aliphatic rings. The van der Waals surface area contributed by atoms with Crippen LogP contribution in [-0.2, 0) is 9.53 Å². The van der Waals surface area contributed by atoms with E-state index in [0.717, 1.165) is 5.69 Å². The van der Waals surface area contributed by atoms with E-state index in [0.29, 0.717) is 26.0 Å². The summed E-state index contributed by atoms with van der Waals surface area (Å²) in [7, 11) is 1.62. The molecule has 6 nitrogen and oxygen atoms in total. The van der Waals surface area contributed by atoms with E-state index >= 15 is 0 Å². The van der Waals surface area contributed by atoms with Crippen molar-refractivity contribution < 1.29 is 14.7 Å². The van der Waals surface area contributed by atoms with E-state index in [9.17, 15) is 4.79 Å². The van der Waals surface area contributed by atoms with E-state index in [2.05, 4.69) is 5.16 Å². The van der Waals surface area contributed by atoms with Gasteiger partial charge in [0, 0.05) is 38.8 Å². The maximum Gasteiger partial charge on any atom is 0.227 e. The standard InChI is InChI=1S/C15H23N3O3/c1-12(11-21-2)10-15(19)18(9-8-14(16)17-20)13-6-4-3-5-7-13/h3-7,12,20H,8-11H2,1-2H3,(H2,16,17). The lowest BCUT2D eigenvalue weighted by atomic mass is 10.1. The van der Waals surface area contributed by atoms with E-state index < -0.39 is 0 Å². The smallest absolute Gasteiger partial charge is 0.227 e. The average molecular weight is 293 g/mol. The van der Waals surface area contributed by atoms with E-state index in [1.165, 1.54) is 0 Å². The number of oxime groups is 1. The van der Waals surface area contributed by atoms with Crippen LogP contribution in [0.2, 0.25) is 0 Å². The highest BCUT2D eigenvalue weighted by Crippen LogP contribution is 2.17.